The molecular formula is C12H23N. The largest absolute Gasteiger partial charge is 0.295 e. The normalized spacial score (nSPS) is 41.1. The van der Waals surface area contributed by atoms with Crippen molar-refractivity contribution in [2.24, 2.45) is 5.92 Å². The molecule has 1 aliphatic heterocycles. The van der Waals surface area contributed by atoms with Crippen molar-refractivity contribution in [2.75, 3.05) is 6.54 Å². The SMILES string of the molecule is CC(C)N1CCCCCC12C[C@H]2C. The van der Waals surface area contributed by atoms with Crippen LogP contribution >= 0.6 is 0 Å². The molecule has 1 heteroatoms. The van der Waals surface area contributed by atoms with Gasteiger partial charge in [-0.15, -0.1) is 0 Å². The summed E-state index contributed by atoms with van der Waals surface area (Å²) in [6.45, 7) is 8.50. The zero-order chi connectivity index (χ0) is 9.47. The topological polar surface area (TPSA) is 3.24 Å². The second-order valence-corrected chi connectivity index (χ2v) is 5.31. The minimum Gasteiger partial charge on any atom is -0.295 e. The van der Waals surface area contributed by atoms with Gasteiger partial charge in [0.15, 0.2) is 0 Å². The molecule has 1 heterocycles. The number of likely N-dealkylation sites (tertiary alicyclic amines) is 1. The zero-order valence-electron chi connectivity index (χ0n) is 9.34. The number of nitrogens with zero attached hydrogens (tertiary/aromatic N) is 1. The van der Waals surface area contributed by atoms with Gasteiger partial charge in [-0.05, 0) is 45.6 Å². The number of hydrogen-bond donors (Lipinski definition) is 0. The van der Waals surface area contributed by atoms with E-state index in [1.54, 1.807) is 0 Å². The van der Waals surface area contributed by atoms with Gasteiger partial charge in [0, 0.05) is 11.6 Å². The van der Waals surface area contributed by atoms with Crippen LogP contribution in [0.25, 0.3) is 0 Å². The average molecular weight is 181 g/mol. The summed E-state index contributed by atoms with van der Waals surface area (Å²) in [5, 5.41) is 0. The third-order valence-corrected chi connectivity index (χ3v) is 4.12. The van der Waals surface area contributed by atoms with Crippen LogP contribution in [0.3, 0.4) is 0 Å². The predicted octanol–water partition coefficient (Wildman–Crippen LogP) is 3.05. The maximum absolute atomic E-state index is 2.78. The summed E-state index contributed by atoms with van der Waals surface area (Å²) in [6.07, 6.45) is 7.27. The highest BCUT2D eigenvalue weighted by atomic mass is 15.3. The molecule has 1 spiro atoms. The fourth-order valence-electron chi connectivity index (χ4n) is 3.25. The highest BCUT2D eigenvalue weighted by Gasteiger charge is 2.55. The second kappa shape index (κ2) is 3.27. The fraction of sp³-hybridized carbons (Fsp3) is 1.00. The van der Waals surface area contributed by atoms with E-state index in [-0.39, 0.29) is 0 Å². The number of hydrogen-bond acceptors (Lipinski definition) is 1. The Morgan fingerprint density at radius 1 is 1.23 bits per heavy atom. The Labute approximate surface area is 82.5 Å². The van der Waals surface area contributed by atoms with Crippen molar-refractivity contribution in [3.05, 3.63) is 0 Å². The minimum atomic E-state index is 0.644. The van der Waals surface area contributed by atoms with Crippen LogP contribution < -0.4 is 0 Å². The molecule has 0 bridgehead atoms. The van der Waals surface area contributed by atoms with Crippen LogP contribution in [0.1, 0.15) is 52.9 Å². The summed E-state index contributed by atoms with van der Waals surface area (Å²) in [6, 6.07) is 0.753. The molecule has 1 saturated carbocycles. The standard InChI is InChI=1S/C12H23N/c1-10(2)13-8-6-4-5-7-12(13)9-11(12)3/h10-11H,4-9H2,1-3H3/t11-,12?/m1/s1. The molecule has 13 heavy (non-hydrogen) atoms. The van der Waals surface area contributed by atoms with Crippen LogP contribution in [0.15, 0.2) is 0 Å². The van der Waals surface area contributed by atoms with Gasteiger partial charge < -0.3 is 0 Å². The Morgan fingerprint density at radius 3 is 2.46 bits per heavy atom. The van der Waals surface area contributed by atoms with Gasteiger partial charge >= 0.3 is 0 Å². The highest BCUT2D eigenvalue weighted by Crippen LogP contribution is 2.53. The molecule has 1 unspecified atom stereocenters. The molecule has 0 N–H and O–H groups in total. The Hall–Kier alpha value is -0.0400. The summed E-state index contributed by atoms with van der Waals surface area (Å²) >= 11 is 0. The van der Waals surface area contributed by atoms with Crippen molar-refractivity contribution in [3.63, 3.8) is 0 Å². The lowest BCUT2D eigenvalue weighted by molar-refractivity contribution is 0.127. The molecule has 2 fully saturated rings. The quantitative estimate of drug-likeness (QED) is 0.601. The highest BCUT2D eigenvalue weighted by molar-refractivity contribution is 5.10. The summed E-state index contributed by atoms with van der Waals surface area (Å²) < 4.78 is 0. The molecule has 2 rings (SSSR count). The van der Waals surface area contributed by atoms with Crippen molar-refractivity contribution in [3.8, 4) is 0 Å². The molecule has 1 nitrogen and oxygen atoms in total. The smallest absolute Gasteiger partial charge is 0.0241 e. The van der Waals surface area contributed by atoms with Crippen LogP contribution in [0.4, 0.5) is 0 Å². The van der Waals surface area contributed by atoms with E-state index in [0.29, 0.717) is 5.54 Å². The molecule has 0 aromatic rings. The van der Waals surface area contributed by atoms with Crippen LogP contribution in [-0.2, 0) is 0 Å². The predicted molar refractivity (Wildman–Crippen MR) is 56.8 cm³/mol. The van der Waals surface area contributed by atoms with Crippen molar-refractivity contribution >= 4 is 0 Å². The van der Waals surface area contributed by atoms with Crippen LogP contribution in [0, 0.1) is 5.92 Å². The van der Waals surface area contributed by atoms with Gasteiger partial charge in [0.05, 0.1) is 0 Å². The lowest BCUT2D eigenvalue weighted by Gasteiger charge is -2.34. The Bertz CT molecular complexity index is 188. The van der Waals surface area contributed by atoms with E-state index >= 15 is 0 Å². The van der Waals surface area contributed by atoms with E-state index in [0.717, 1.165) is 12.0 Å². The summed E-state index contributed by atoms with van der Waals surface area (Å²) in [5.74, 6) is 0.966. The first-order chi connectivity index (χ1) is 6.17. The van der Waals surface area contributed by atoms with Gasteiger partial charge in [0.1, 0.15) is 0 Å². The third kappa shape index (κ3) is 1.52. The Morgan fingerprint density at radius 2 is 1.92 bits per heavy atom. The fourth-order valence-corrected chi connectivity index (χ4v) is 3.25. The van der Waals surface area contributed by atoms with Gasteiger partial charge in [0.2, 0.25) is 0 Å². The maximum atomic E-state index is 2.78. The monoisotopic (exact) mass is 181 g/mol. The average Bonchev–Trinajstić information content (AvgIpc) is 2.75. The second-order valence-electron chi connectivity index (χ2n) is 5.31. The first-order valence-corrected chi connectivity index (χ1v) is 5.93. The Balaban J connectivity index is 2.11. The molecule has 2 atom stereocenters. The van der Waals surface area contributed by atoms with E-state index in [2.05, 4.69) is 25.7 Å². The van der Waals surface area contributed by atoms with Gasteiger partial charge in [0.25, 0.3) is 0 Å². The molecular weight excluding hydrogens is 158 g/mol. The van der Waals surface area contributed by atoms with E-state index in [1.807, 2.05) is 0 Å². The molecule has 0 aromatic carbocycles. The molecule has 0 radical (unpaired) electrons. The van der Waals surface area contributed by atoms with E-state index < -0.39 is 0 Å². The van der Waals surface area contributed by atoms with Crippen molar-refractivity contribution in [2.45, 2.75) is 64.5 Å². The minimum absolute atomic E-state index is 0.644. The van der Waals surface area contributed by atoms with E-state index in [9.17, 15) is 0 Å². The van der Waals surface area contributed by atoms with Gasteiger partial charge in [-0.2, -0.15) is 0 Å². The van der Waals surface area contributed by atoms with Crippen LogP contribution in [-0.4, -0.2) is 23.0 Å². The summed E-state index contributed by atoms with van der Waals surface area (Å²) in [5.41, 5.74) is 0.644. The van der Waals surface area contributed by atoms with Gasteiger partial charge in [-0.25, -0.2) is 0 Å². The molecule has 2 aliphatic rings. The lowest BCUT2D eigenvalue weighted by atomic mass is 10.0. The molecule has 1 saturated heterocycles. The van der Waals surface area contributed by atoms with E-state index in [4.69, 9.17) is 0 Å². The number of rotatable bonds is 1. The van der Waals surface area contributed by atoms with Crippen LogP contribution in [0.5, 0.6) is 0 Å². The summed E-state index contributed by atoms with van der Waals surface area (Å²) in [4.78, 5) is 2.78. The van der Waals surface area contributed by atoms with Crippen LogP contribution in [0.2, 0.25) is 0 Å². The lowest BCUT2D eigenvalue weighted by Crippen LogP contribution is -2.43. The maximum Gasteiger partial charge on any atom is 0.0241 e. The summed E-state index contributed by atoms with van der Waals surface area (Å²) in [7, 11) is 0. The van der Waals surface area contributed by atoms with E-state index in [1.165, 1.54) is 38.6 Å². The van der Waals surface area contributed by atoms with Gasteiger partial charge in [-0.1, -0.05) is 19.8 Å². The molecule has 0 aromatic heterocycles. The van der Waals surface area contributed by atoms with Crippen molar-refractivity contribution < 1.29 is 0 Å². The molecule has 76 valence electrons. The zero-order valence-corrected chi connectivity index (χ0v) is 9.34. The van der Waals surface area contributed by atoms with Crippen molar-refractivity contribution in [1.82, 2.24) is 4.90 Å². The first kappa shape index (κ1) is 9.51. The molecule has 0 amide bonds. The molecule has 1 aliphatic carbocycles. The van der Waals surface area contributed by atoms with Crippen molar-refractivity contribution in [1.29, 1.82) is 0 Å². The Kier molecular flexibility index (Phi) is 2.39. The first-order valence-electron chi connectivity index (χ1n) is 5.93. The van der Waals surface area contributed by atoms with Gasteiger partial charge in [-0.3, -0.25) is 4.90 Å². The third-order valence-electron chi connectivity index (χ3n) is 4.12.